The molecule has 0 aliphatic heterocycles. The van der Waals surface area contributed by atoms with Crippen molar-refractivity contribution in [2.45, 2.75) is 30.8 Å². The molecule has 3 rings (SSSR count). The van der Waals surface area contributed by atoms with Gasteiger partial charge in [0.05, 0.1) is 4.90 Å². The molecule has 0 saturated carbocycles. The lowest BCUT2D eigenvalue weighted by Gasteiger charge is -2.17. The van der Waals surface area contributed by atoms with Gasteiger partial charge in [0.1, 0.15) is 11.6 Å². The number of fused-ring (bicyclic) bond motifs is 1. The van der Waals surface area contributed by atoms with Crippen LogP contribution < -0.4 is 15.6 Å². The van der Waals surface area contributed by atoms with Crippen LogP contribution in [0, 0.1) is 5.82 Å². The van der Waals surface area contributed by atoms with Crippen molar-refractivity contribution in [3.8, 4) is 5.75 Å². The predicted molar refractivity (Wildman–Crippen MR) is 126 cm³/mol. The number of carbonyl (C=O) groups excluding carboxylic acids is 2. The third-order valence-electron chi connectivity index (χ3n) is 5.13. The number of carbonyl (C=O) groups is 2. The average molecular weight is 488 g/mol. The Balaban J connectivity index is 1.41. The Bertz CT molecular complexity index is 1270. The summed E-state index contributed by atoms with van der Waals surface area (Å²) >= 11 is 0. The second-order valence-electron chi connectivity index (χ2n) is 7.69. The van der Waals surface area contributed by atoms with Gasteiger partial charge < -0.3 is 4.74 Å². The van der Waals surface area contributed by atoms with E-state index in [1.165, 1.54) is 19.2 Å². The summed E-state index contributed by atoms with van der Waals surface area (Å²) in [4.78, 5) is 24.2. The van der Waals surface area contributed by atoms with Crippen LogP contribution in [0.25, 0.3) is 10.8 Å². The molecule has 0 fully saturated rings. The number of hydrogen-bond acceptors (Lipinski definition) is 5. The highest BCUT2D eigenvalue weighted by Gasteiger charge is 2.21. The first-order chi connectivity index (χ1) is 16.2. The van der Waals surface area contributed by atoms with E-state index in [9.17, 15) is 22.4 Å². The minimum Gasteiger partial charge on any atom is -0.481 e. The lowest BCUT2D eigenvalue weighted by molar-refractivity contribution is -0.132. The molecule has 0 aliphatic carbocycles. The SMILES string of the molecule is CC(Oc1ccc2ccccc2c1)C(=O)NNC(=O)CCCN(C)S(=O)(=O)c1ccc(F)cc1. The highest BCUT2D eigenvalue weighted by atomic mass is 32.2. The fourth-order valence-electron chi connectivity index (χ4n) is 3.16. The second-order valence-corrected chi connectivity index (χ2v) is 9.74. The van der Waals surface area contributed by atoms with Gasteiger partial charge in [-0.05, 0) is 60.5 Å². The third kappa shape index (κ3) is 6.52. The number of halogens is 1. The highest BCUT2D eigenvalue weighted by Crippen LogP contribution is 2.21. The smallest absolute Gasteiger partial charge is 0.279 e. The van der Waals surface area contributed by atoms with Crippen molar-refractivity contribution in [2.75, 3.05) is 13.6 Å². The predicted octanol–water partition coefficient (Wildman–Crippen LogP) is 2.99. The summed E-state index contributed by atoms with van der Waals surface area (Å²) in [5, 5.41) is 2.03. The lowest BCUT2D eigenvalue weighted by Crippen LogP contribution is -2.47. The number of sulfonamides is 1. The molecule has 1 unspecified atom stereocenters. The van der Waals surface area contributed by atoms with Crippen LogP contribution in [0.1, 0.15) is 19.8 Å². The summed E-state index contributed by atoms with van der Waals surface area (Å²) in [6.07, 6.45) is -0.640. The highest BCUT2D eigenvalue weighted by molar-refractivity contribution is 7.89. The van der Waals surface area contributed by atoms with Crippen LogP contribution in [0.2, 0.25) is 0 Å². The van der Waals surface area contributed by atoms with Crippen molar-refractivity contribution in [3.63, 3.8) is 0 Å². The van der Waals surface area contributed by atoms with E-state index in [-0.39, 0.29) is 24.3 Å². The molecule has 10 heteroatoms. The largest absolute Gasteiger partial charge is 0.481 e. The number of hydrazine groups is 1. The molecule has 2 amide bonds. The van der Waals surface area contributed by atoms with E-state index in [1.54, 1.807) is 13.0 Å². The van der Waals surface area contributed by atoms with E-state index in [1.807, 2.05) is 36.4 Å². The maximum absolute atomic E-state index is 13.0. The molecule has 180 valence electrons. The van der Waals surface area contributed by atoms with Gasteiger partial charge in [-0.1, -0.05) is 30.3 Å². The Kier molecular flexibility index (Phi) is 8.19. The number of nitrogens with zero attached hydrogens (tertiary/aromatic N) is 1. The van der Waals surface area contributed by atoms with Gasteiger partial charge in [0.2, 0.25) is 15.9 Å². The second kappa shape index (κ2) is 11.1. The van der Waals surface area contributed by atoms with Crippen LogP contribution >= 0.6 is 0 Å². The van der Waals surface area contributed by atoms with Crippen LogP contribution in [0.3, 0.4) is 0 Å². The quantitative estimate of drug-likeness (QED) is 0.452. The topological polar surface area (TPSA) is 105 Å². The number of benzene rings is 3. The minimum absolute atomic E-state index is 0.0104. The number of ether oxygens (including phenoxy) is 1. The molecule has 0 radical (unpaired) electrons. The van der Waals surface area contributed by atoms with E-state index in [2.05, 4.69) is 10.9 Å². The van der Waals surface area contributed by atoms with Crippen molar-refractivity contribution in [1.29, 1.82) is 0 Å². The van der Waals surface area contributed by atoms with Gasteiger partial charge in [0.15, 0.2) is 6.10 Å². The summed E-state index contributed by atoms with van der Waals surface area (Å²) in [6, 6.07) is 17.8. The van der Waals surface area contributed by atoms with Gasteiger partial charge in [-0.15, -0.1) is 0 Å². The van der Waals surface area contributed by atoms with Crippen molar-refractivity contribution < 1.29 is 27.1 Å². The monoisotopic (exact) mass is 487 g/mol. The van der Waals surface area contributed by atoms with Gasteiger partial charge in [-0.25, -0.2) is 17.1 Å². The maximum atomic E-state index is 13.0. The molecular formula is C24H26FN3O5S. The number of rotatable bonds is 9. The van der Waals surface area contributed by atoms with Crippen molar-refractivity contribution in [2.24, 2.45) is 0 Å². The Morgan fingerprint density at radius 3 is 2.38 bits per heavy atom. The summed E-state index contributed by atoms with van der Waals surface area (Å²) in [6.45, 7) is 1.63. The van der Waals surface area contributed by atoms with Gasteiger partial charge in [0.25, 0.3) is 5.91 Å². The van der Waals surface area contributed by atoms with Crippen molar-refractivity contribution in [1.82, 2.24) is 15.2 Å². The molecule has 0 aliphatic rings. The minimum atomic E-state index is -3.79. The summed E-state index contributed by atoms with van der Waals surface area (Å²) in [5.74, 6) is -1.01. The normalized spacial score (nSPS) is 12.4. The Hall–Kier alpha value is -3.50. The molecule has 8 nitrogen and oxygen atoms in total. The first-order valence-electron chi connectivity index (χ1n) is 10.6. The summed E-state index contributed by atoms with van der Waals surface area (Å²) in [5.41, 5.74) is 4.61. The van der Waals surface area contributed by atoms with Crippen LogP contribution in [-0.2, 0) is 19.6 Å². The van der Waals surface area contributed by atoms with E-state index >= 15 is 0 Å². The Morgan fingerprint density at radius 1 is 1.00 bits per heavy atom. The van der Waals surface area contributed by atoms with Gasteiger partial charge in [-0.2, -0.15) is 0 Å². The lowest BCUT2D eigenvalue weighted by atomic mass is 10.1. The Morgan fingerprint density at radius 2 is 1.68 bits per heavy atom. The average Bonchev–Trinajstić information content (AvgIpc) is 2.82. The van der Waals surface area contributed by atoms with Crippen molar-refractivity contribution >= 4 is 32.6 Å². The molecule has 3 aromatic rings. The molecular weight excluding hydrogens is 461 g/mol. The van der Waals surface area contributed by atoms with Crippen molar-refractivity contribution in [3.05, 3.63) is 72.5 Å². The van der Waals surface area contributed by atoms with Gasteiger partial charge in [0, 0.05) is 20.0 Å². The van der Waals surface area contributed by atoms with E-state index in [0.717, 1.165) is 27.2 Å². The Labute approximate surface area is 197 Å². The van der Waals surface area contributed by atoms with E-state index in [4.69, 9.17) is 4.74 Å². The molecule has 2 N–H and O–H groups in total. The maximum Gasteiger partial charge on any atom is 0.279 e. The molecule has 0 aromatic heterocycles. The zero-order valence-electron chi connectivity index (χ0n) is 18.8. The van der Waals surface area contributed by atoms with E-state index in [0.29, 0.717) is 5.75 Å². The van der Waals surface area contributed by atoms with E-state index < -0.39 is 33.8 Å². The first kappa shape index (κ1) is 25.1. The fraction of sp³-hybridized carbons (Fsp3) is 0.250. The molecule has 0 heterocycles. The zero-order valence-corrected chi connectivity index (χ0v) is 19.6. The molecule has 0 saturated heterocycles. The number of hydrogen-bond donors (Lipinski definition) is 2. The van der Waals surface area contributed by atoms with Crippen LogP contribution in [-0.4, -0.2) is 44.2 Å². The molecule has 0 spiro atoms. The number of amides is 2. The molecule has 34 heavy (non-hydrogen) atoms. The zero-order chi connectivity index (χ0) is 24.7. The summed E-state index contributed by atoms with van der Waals surface area (Å²) in [7, 11) is -2.41. The van der Waals surface area contributed by atoms with Crippen LogP contribution in [0.5, 0.6) is 5.75 Å². The molecule has 3 aromatic carbocycles. The first-order valence-corrected chi connectivity index (χ1v) is 12.1. The third-order valence-corrected chi connectivity index (χ3v) is 7.00. The molecule has 0 bridgehead atoms. The fourth-order valence-corrected chi connectivity index (χ4v) is 4.37. The number of nitrogens with one attached hydrogen (secondary N) is 2. The standard InChI is InChI=1S/C24H26FN3O5S/c1-17(33-21-12-9-18-6-3-4-7-19(18)16-21)24(30)27-26-23(29)8-5-15-28(2)34(31,32)22-13-10-20(25)11-14-22/h3-4,6-7,9-14,16-17H,5,8,15H2,1-2H3,(H,26,29)(H,27,30). The summed E-state index contributed by atoms with van der Waals surface area (Å²) < 4.78 is 44.7. The van der Waals surface area contributed by atoms with Crippen LogP contribution in [0.4, 0.5) is 4.39 Å². The van der Waals surface area contributed by atoms with Gasteiger partial charge >= 0.3 is 0 Å². The van der Waals surface area contributed by atoms with Gasteiger partial charge in [-0.3, -0.25) is 20.4 Å². The molecule has 1 atom stereocenters. The van der Waals surface area contributed by atoms with Crippen LogP contribution in [0.15, 0.2) is 71.6 Å².